The van der Waals surface area contributed by atoms with E-state index in [0.29, 0.717) is 5.57 Å². The van der Waals surface area contributed by atoms with Crippen LogP contribution in [0.25, 0.3) is 0 Å². The van der Waals surface area contributed by atoms with Gasteiger partial charge in [0, 0.05) is 5.57 Å². The van der Waals surface area contributed by atoms with E-state index in [0.717, 1.165) is 0 Å². The minimum atomic E-state index is -0.659. The molecule has 16 heavy (non-hydrogen) atoms. The van der Waals surface area contributed by atoms with Crippen LogP contribution in [0.5, 0.6) is 0 Å². The van der Waals surface area contributed by atoms with Gasteiger partial charge < -0.3 is 19.9 Å². The zero-order chi connectivity index (χ0) is 12.6. The predicted octanol–water partition coefficient (Wildman–Crippen LogP) is 0.213. The number of rotatable bonds is 6. The molecule has 0 fully saturated rings. The molecular formula is C10H17NO5. The molecule has 0 aliphatic heterocycles. The van der Waals surface area contributed by atoms with E-state index in [1.165, 1.54) is 6.92 Å². The summed E-state index contributed by atoms with van der Waals surface area (Å²) in [6.07, 6.45) is -1.22. The normalized spacial score (nSPS) is 11.4. The van der Waals surface area contributed by atoms with Crippen molar-refractivity contribution in [2.24, 2.45) is 0 Å². The number of hydrogen-bond acceptors (Lipinski definition) is 5. The Kier molecular flexibility index (Phi) is 6.95. The summed E-state index contributed by atoms with van der Waals surface area (Å²) < 4.78 is 9.42. The van der Waals surface area contributed by atoms with Crippen LogP contribution in [-0.2, 0) is 14.3 Å². The van der Waals surface area contributed by atoms with Gasteiger partial charge in [-0.2, -0.15) is 0 Å². The molecule has 2 N–H and O–H groups in total. The fraction of sp³-hybridized carbons (Fsp3) is 0.600. The van der Waals surface area contributed by atoms with Crippen LogP contribution in [0.4, 0.5) is 4.79 Å². The van der Waals surface area contributed by atoms with Gasteiger partial charge in [-0.1, -0.05) is 6.58 Å². The molecule has 1 amide bonds. The highest BCUT2D eigenvalue weighted by atomic mass is 16.6. The standard InChI is InChI=1S/C10H17NO5/c1-7(2)9(13)15-5-4-11-10(14)16-8(3)6-12/h8,12H,1,4-6H2,2-3H3,(H,11,14). The van der Waals surface area contributed by atoms with Gasteiger partial charge in [0.25, 0.3) is 0 Å². The summed E-state index contributed by atoms with van der Waals surface area (Å²) in [6, 6.07) is 0. The van der Waals surface area contributed by atoms with Gasteiger partial charge in [-0.15, -0.1) is 0 Å². The minimum Gasteiger partial charge on any atom is -0.460 e. The average molecular weight is 231 g/mol. The number of carbonyl (C=O) groups is 2. The second-order valence-corrected chi connectivity index (χ2v) is 3.24. The summed E-state index contributed by atoms with van der Waals surface area (Å²) in [4.78, 5) is 21.9. The number of aliphatic hydroxyl groups excluding tert-OH is 1. The van der Waals surface area contributed by atoms with Crippen LogP contribution < -0.4 is 5.32 Å². The van der Waals surface area contributed by atoms with Crippen LogP contribution in [0.15, 0.2) is 12.2 Å². The van der Waals surface area contributed by atoms with E-state index in [9.17, 15) is 9.59 Å². The topological polar surface area (TPSA) is 84.9 Å². The van der Waals surface area contributed by atoms with Crippen molar-refractivity contribution in [2.45, 2.75) is 20.0 Å². The van der Waals surface area contributed by atoms with Crippen molar-refractivity contribution >= 4 is 12.1 Å². The molecule has 6 heteroatoms. The number of ether oxygens (including phenoxy) is 2. The zero-order valence-corrected chi connectivity index (χ0v) is 9.49. The Morgan fingerprint density at radius 1 is 1.50 bits per heavy atom. The van der Waals surface area contributed by atoms with Gasteiger partial charge >= 0.3 is 12.1 Å². The van der Waals surface area contributed by atoms with Gasteiger partial charge in [-0.05, 0) is 13.8 Å². The van der Waals surface area contributed by atoms with Crippen LogP contribution in [0.3, 0.4) is 0 Å². The van der Waals surface area contributed by atoms with Crippen molar-refractivity contribution in [1.29, 1.82) is 0 Å². The molecule has 1 atom stereocenters. The van der Waals surface area contributed by atoms with Gasteiger partial charge in [0.1, 0.15) is 12.7 Å². The molecule has 0 spiro atoms. The highest BCUT2D eigenvalue weighted by molar-refractivity contribution is 5.86. The van der Waals surface area contributed by atoms with E-state index in [1.807, 2.05) is 0 Å². The maximum atomic E-state index is 11.0. The number of hydrogen-bond donors (Lipinski definition) is 2. The monoisotopic (exact) mass is 231 g/mol. The molecule has 92 valence electrons. The van der Waals surface area contributed by atoms with E-state index in [4.69, 9.17) is 14.6 Å². The molecule has 0 saturated carbocycles. The number of esters is 1. The number of amides is 1. The summed E-state index contributed by atoms with van der Waals surface area (Å²) in [5, 5.41) is 11.0. The fourth-order valence-electron chi connectivity index (χ4n) is 0.682. The number of aliphatic hydroxyl groups is 1. The van der Waals surface area contributed by atoms with Gasteiger partial charge in [-0.25, -0.2) is 9.59 Å². The Morgan fingerprint density at radius 2 is 2.12 bits per heavy atom. The maximum Gasteiger partial charge on any atom is 0.407 e. The van der Waals surface area contributed by atoms with Crippen LogP contribution in [0, 0.1) is 0 Å². The lowest BCUT2D eigenvalue weighted by atomic mass is 10.4. The third-order valence-electron chi connectivity index (χ3n) is 1.52. The maximum absolute atomic E-state index is 11.0. The Labute approximate surface area is 94.2 Å². The van der Waals surface area contributed by atoms with Gasteiger partial charge in [0.05, 0.1) is 13.2 Å². The molecule has 0 aromatic heterocycles. The van der Waals surface area contributed by atoms with Crippen molar-refractivity contribution in [3.8, 4) is 0 Å². The number of carbonyl (C=O) groups excluding carboxylic acids is 2. The van der Waals surface area contributed by atoms with Crippen LogP contribution >= 0.6 is 0 Å². The Morgan fingerprint density at radius 3 is 2.62 bits per heavy atom. The van der Waals surface area contributed by atoms with Gasteiger partial charge in [0.2, 0.25) is 0 Å². The second-order valence-electron chi connectivity index (χ2n) is 3.24. The summed E-state index contributed by atoms with van der Waals surface area (Å²) in [5.74, 6) is -0.501. The lowest BCUT2D eigenvalue weighted by Crippen LogP contribution is -2.32. The fourth-order valence-corrected chi connectivity index (χ4v) is 0.682. The molecule has 0 heterocycles. The van der Waals surface area contributed by atoms with Crippen molar-refractivity contribution in [3.63, 3.8) is 0 Å². The predicted molar refractivity (Wildman–Crippen MR) is 56.8 cm³/mol. The number of nitrogens with one attached hydrogen (secondary N) is 1. The van der Waals surface area contributed by atoms with E-state index in [-0.39, 0.29) is 19.8 Å². The highest BCUT2D eigenvalue weighted by Gasteiger charge is 2.07. The van der Waals surface area contributed by atoms with Gasteiger partial charge in [-0.3, -0.25) is 0 Å². The molecule has 0 aliphatic rings. The van der Waals surface area contributed by atoms with Crippen molar-refractivity contribution in [1.82, 2.24) is 5.32 Å². The van der Waals surface area contributed by atoms with Crippen molar-refractivity contribution in [2.75, 3.05) is 19.8 Å². The van der Waals surface area contributed by atoms with E-state index in [1.54, 1.807) is 6.92 Å². The molecule has 0 rings (SSSR count). The Balaban J connectivity index is 3.55. The Hall–Kier alpha value is -1.56. The quantitative estimate of drug-likeness (QED) is 0.388. The molecule has 1 unspecified atom stereocenters. The zero-order valence-electron chi connectivity index (χ0n) is 9.49. The SMILES string of the molecule is C=C(C)C(=O)OCCNC(=O)OC(C)CO. The molecule has 0 bridgehead atoms. The van der Waals surface area contributed by atoms with Crippen LogP contribution in [0.1, 0.15) is 13.8 Å². The average Bonchev–Trinajstić information content (AvgIpc) is 2.23. The molecule has 0 aromatic rings. The van der Waals surface area contributed by atoms with E-state index in [2.05, 4.69) is 11.9 Å². The first-order valence-electron chi connectivity index (χ1n) is 4.85. The molecular weight excluding hydrogens is 214 g/mol. The van der Waals surface area contributed by atoms with Crippen LogP contribution in [-0.4, -0.2) is 43.0 Å². The van der Waals surface area contributed by atoms with Crippen LogP contribution in [0.2, 0.25) is 0 Å². The largest absolute Gasteiger partial charge is 0.460 e. The first kappa shape index (κ1) is 14.4. The van der Waals surface area contributed by atoms with E-state index < -0.39 is 18.2 Å². The molecule has 0 radical (unpaired) electrons. The minimum absolute atomic E-state index is 0.0499. The number of alkyl carbamates (subject to hydrolysis) is 1. The van der Waals surface area contributed by atoms with E-state index >= 15 is 0 Å². The van der Waals surface area contributed by atoms with Crippen molar-refractivity contribution < 1.29 is 24.2 Å². The van der Waals surface area contributed by atoms with Gasteiger partial charge in [0.15, 0.2) is 0 Å². The molecule has 6 nitrogen and oxygen atoms in total. The third kappa shape index (κ3) is 6.83. The van der Waals surface area contributed by atoms with Crippen molar-refractivity contribution in [3.05, 3.63) is 12.2 Å². The first-order valence-corrected chi connectivity index (χ1v) is 4.85. The molecule has 0 aromatic carbocycles. The third-order valence-corrected chi connectivity index (χ3v) is 1.52. The summed E-state index contributed by atoms with van der Waals surface area (Å²) >= 11 is 0. The smallest absolute Gasteiger partial charge is 0.407 e. The highest BCUT2D eigenvalue weighted by Crippen LogP contribution is 1.91. The lowest BCUT2D eigenvalue weighted by Gasteiger charge is -2.11. The molecule has 0 aliphatic carbocycles. The molecule has 0 saturated heterocycles. The summed E-state index contributed by atoms with van der Waals surface area (Å²) in [6.45, 7) is 6.46. The summed E-state index contributed by atoms with van der Waals surface area (Å²) in [5.41, 5.74) is 0.302. The first-order chi connectivity index (χ1) is 7.47. The summed E-state index contributed by atoms with van der Waals surface area (Å²) in [7, 11) is 0. The lowest BCUT2D eigenvalue weighted by molar-refractivity contribution is -0.138. The Bertz CT molecular complexity index is 264. The second kappa shape index (κ2) is 7.70.